The Kier molecular flexibility index (Phi) is 1.77. The van der Waals surface area contributed by atoms with Crippen LogP contribution in [0.4, 0.5) is 0 Å². The van der Waals surface area contributed by atoms with E-state index in [2.05, 4.69) is 25.6 Å². The van der Waals surface area contributed by atoms with Gasteiger partial charge in [0.1, 0.15) is 0 Å². The topological polar surface area (TPSA) is 67.3 Å². The Labute approximate surface area is 75.2 Å². The lowest BCUT2D eigenvalue weighted by Crippen LogP contribution is -1.89. The first-order valence-electron chi connectivity index (χ1n) is 3.94. The first-order valence-corrected chi connectivity index (χ1v) is 3.94. The minimum atomic E-state index is 0.579. The predicted molar refractivity (Wildman–Crippen MR) is 46.9 cm³/mol. The molecular weight excluding hydrogens is 166 g/mol. The van der Waals surface area contributed by atoms with Crippen molar-refractivity contribution in [2.45, 2.75) is 13.8 Å². The van der Waals surface area contributed by atoms with Gasteiger partial charge in [0.2, 0.25) is 5.82 Å². The van der Waals surface area contributed by atoms with Crippen LogP contribution in [0.5, 0.6) is 0 Å². The molecule has 0 atom stereocenters. The maximum absolute atomic E-state index is 4.21. The largest absolute Gasteiger partial charge is 0.261 e. The fourth-order valence-corrected chi connectivity index (χ4v) is 1.05. The van der Waals surface area contributed by atoms with Gasteiger partial charge in [-0.2, -0.15) is 5.21 Å². The summed E-state index contributed by atoms with van der Waals surface area (Å²) >= 11 is 0. The average Bonchev–Trinajstić information content (AvgIpc) is 2.62. The smallest absolute Gasteiger partial charge is 0.206 e. The highest BCUT2D eigenvalue weighted by molar-refractivity contribution is 5.53. The predicted octanol–water partition coefficient (Wildman–Crippen LogP) is 0.879. The van der Waals surface area contributed by atoms with Crippen molar-refractivity contribution in [2.24, 2.45) is 0 Å². The number of aromatic amines is 1. The van der Waals surface area contributed by atoms with Crippen molar-refractivity contribution in [3.8, 4) is 11.4 Å². The maximum Gasteiger partial charge on any atom is 0.206 e. The Hall–Kier alpha value is -1.78. The molecule has 2 aromatic heterocycles. The van der Waals surface area contributed by atoms with Gasteiger partial charge in [0, 0.05) is 17.5 Å². The SMILES string of the molecule is Cc1cc(-c2nn[nH]n2)cnc1C. The standard InChI is InChI=1S/C8H9N5/c1-5-3-7(4-9-6(5)2)8-10-12-13-11-8/h3-4H,1-2H3,(H,10,11,12,13). The summed E-state index contributed by atoms with van der Waals surface area (Å²) in [7, 11) is 0. The highest BCUT2D eigenvalue weighted by atomic mass is 15.5. The van der Waals surface area contributed by atoms with Gasteiger partial charge in [0.25, 0.3) is 0 Å². The van der Waals surface area contributed by atoms with E-state index in [1.165, 1.54) is 0 Å². The summed E-state index contributed by atoms with van der Waals surface area (Å²) in [6.45, 7) is 3.97. The number of hydrogen-bond donors (Lipinski definition) is 1. The molecule has 2 aromatic rings. The molecule has 0 spiro atoms. The van der Waals surface area contributed by atoms with Crippen LogP contribution in [-0.4, -0.2) is 25.6 Å². The van der Waals surface area contributed by atoms with Crippen LogP contribution in [0, 0.1) is 13.8 Å². The van der Waals surface area contributed by atoms with E-state index in [4.69, 9.17) is 0 Å². The molecule has 0 amide bonds. The zero-order valence-corrected chi connectivity index (χ0v) is 7.44. The van der Waals surface area contributed by atoms with Gasteiger partial charge in [-0.05, 0) is 30.7 Å². The van der Waals surface area contributed by atoms with Crippen molar-refractivity contribution in [3.05, 3.63) is 23.5 Å². The maximum atomic E-state index is 4.21. The number of aryl methyl sites for hydroxylation is 2. The molecular formula is C8H9N5. The summed E-state index contributed by atoms with van der Waals surface area (Å²) < 4.78 is 0. The molecule has 0 radical (unpaired) electrons. The van der Waals surface area contributed by atoms with Crippen molar-refractivity contribution >= 4 is 0 Å². The molecule has 0 aliphatic heterocycles. The fraction of sp³-hybridized carbons (Fsp3) is 0.250. The quantitative estimate of drug-likeness (QED) is 0.698. The van der Waals surface area contributed by atoms with Crippen LogP contribution >= 0.6 is 0 Å². The molecule has 0 bridgehead atoms. The van der Waals surface area contributed by atoms with Gasteiger partial charge >= 0.3 is 0 Å². The van der Waals surface area contributed by atoms with E-state index < -0.39 is 0 Å². The molecule has 0 unspecified atom stereocenters. The number of rotatable bonds is 1. The van der Waals surface area contributed by atoms with Gasteiger partial charge in [-0.15, -0.1) is 10.2 Å². The number of nitrogens with zero attached hydrogens (tertiary/aromatic N) is 4. The lowest BCUT2D eigenvalue weighted by molar-refractivity contribution is 0.881. The molecule has 66 valence electrons. The van der Waals surface area contributed by atoms with E-state index in [0.29, 0.717) is 5.82 Å². The molecule has 13 heavy (non-hydrogen) atoms. The third-order valence-corrected chi connectivity index (χ3v) is 1.94. The highest BCUT2D eigenvalue weighted by Gasteiger charge is 2.03. The van der Waals surface area contributed by atoms with Crippen LogP contribution < -0.4 is 0 Å². The first kappa shape index (κ1) is 7.85. The highest BCUT2D eigenvalue weighted by Crippen LogP contribution is 2.14. The monoisotopic (exact) mass is 175 g/mol. The Morgan fingerprint density at radius 1 is 1.31 bits per heavy atom. The number of pyridine rings is 1. The fourth-order valence-electron chi connectivity index (χ4n) is 1.05. The second-order valence-corrected chi connectivity index (χ2v) is 2.86. The van der Waals surface area contributed by atoms with Crippen molar-refractivity contribution in [1.29, 1.82) is 0 Å². The third kappa shape index (κ3) is 1.40. The zero-order chi connectivity index (χ0) is 9.26. The minimum Gasteiger partial charge on any atom is -0.261 e. The van der Waals surface area contributed by atoms with Gasteiger partial charge in [0.15, 0.2) is 0 Å². The molecule has 5 heteroatoms. The molecule has 0 aromatic carbocycles. The lowest BCUT2D eigenvalue weighted by Gasteiger charge is -1.99. The van der Waals surface area contributed by atoms with Gasteiger partial charge < -0.3 is 0 Å². The molecule has 0 aliphatic rings. The molecule has 1 N–H and O–H groups in total. The molecule has 0 aliphatic carbocycles. The number of nitrogens with one attached hydrogen (secondary N) is 1. The summed E-state index contributed by atoms with van der Waals surface area (Å²) in [4.78, 5) is 4.21. The molecule has 0 saturated carbocycles. The Morgan fingerprint density at radius 3 is 2.77 bits per heavy atom. The number of hydrogen-bond acceptors (Lipinski definition) is 4. The summed E-state index contributed by atoms with van der Waals surface area (Å²) in [5, 5.41) is 13.6. The number of aromatic nitrogens is 5. The van der Waals surface area contributed by atoms with Gasteiger partial charge in [0.05, 0.1) is 0 Å². The first-order chi connectivity index (χ1) is 6.27. The summed E-state index contributed by atoms with van der Waals surface area (Å²) in [5.74, 6) is 0.579. The average molecular weight is 175 g/mol. The summed E-state index contributed by atoms with van der Waals surface area (Å²) in [5.41, 5.74) is 3.03. The Balaban J connectivity index is 2.49. The third-order valence-electron chi connectivity index (χ3n) is 1.94. The Bertz CT molecular complexity index is 406. The zero-order valence-electron chi connectivity index (χ0n) is 7.44. The van der Waals surface area contributed by atoms with Crippen molar-refractivity contribution in [3.63, 3.8) is 0 Å². The van der Waals surface area contributed by atoms with E-state index >= 15 is 0 Å². The van der Waals surface area contributed by atoms with Crippen LogP contribution in [0.3, 0.4) is 0 Å². The minimum absolute atomic E-state index is 0.579. The van der Waals surface area contributed by atoms with Crippen LogP contribution in [0.1, 0.15) is 11.3 Å². The van der Waals surface area contributed by atoms with E-state index in [0.717, 1.165) is 16.8 Å². The normalized spacial score (nSPS) is 10.3. The van der Waals surface area contributed by atoms with Gasteiger partial charge in [-0.3, -0.25) is 4.98 Å². The van der Waals surface area contributed by atoms with Crippen LogP contribution in [-0.2, 0) is 0 Å². The molecule has 0 fully saturated rings. The molecule has 2 heterocycles. The summed E-state index contributed by atoms with van der Waals surface area (Å²) in [6.07, 6.45) is 1.74. The molecule has 0 saturated heterocycles. The molecule has 2 rings (SSSR count). The second-order valence-electron chi connectivity index (χ2n) is 2.86. The van der Waals surface area contributed by atoms with E-state index in [9.17, 15) is 0 Å². The second kappa shape index (κ2) is 2.93. The van der Waals surface area contributed by atoms with Crippen molar-refractivity contribution in [2.75, 3.05) is 0 Å². The molecule has 5 nitrogen and oxygen atoms in total. The van der Waals surface area contributed by atoms with E-state index in [1.54, 1.807) is 6.20 Å². The van der Waals surface area contributed by atoms with Crippen molar-refractivity contribution in [1.82, 2.24) is 25.6 Å². The van der Waals surface area contributed by atoms with Crippen LogP contribution in [0.2, 0.25) is 0 Å². The van der Waals surface area contributed by atoms with Crippen LogP contribution in [0.15, 0.2) is 12.3 Å². The van der Waals surface area contributed by atoms with Gasteiger partial charge in [-0.25, -0.2) is 0 Å². The van der Waals surface area contributed by atoms with Gasteiger partial charge in [-0.1, -0.05) is 0 Å². The van der Waals surface area contributed by atoms with Crippen LogP contribution in [0.25, 0.3) is 11.4 Å². The number of tetrazole rings is 1. The lowest BCUT2D eigenvalue weighted by atomic mass is 10.1. The Morgan fingerprint density at radius 2 is 2.15 bits per heavy atom. The summed E-state index contributed by atoms with van der Waals surface area (Å²) in [6, 6.07) is 1.99. The van der Waals surface area contributed by atoms with E-state index in [1.807, 2.05) is 19.9 Å². The van der Waals surface area contributed by atoms with E-state index in [-0.39, 0.29) is 0 Å². The number of H-pyrrole nitrogens is 1. The van der Waals surface area contributed by atoms with Crippen molar-refractivity contribution < 1.29 is 0 Å².